The van der Waals surface area contributed by atoms with E-state index >= 15 is 0 Å². The van der Waals surface area contributed by atoms with Gasteiger partial charge < -0.3 is 14.2 Å². The molecular formula is C52H94O6. The lowest BCUT2D eigenvalue weighted by Crippen LogP contribution is -2.30. The molecule has 1 atom stereocenters. The van der Waals surface area contributed by atoms with Gasteiger partial charge in [-0.2, -0.15) is 0 Å². The van der Waals surface area contributed by atoms with Crippen LogP contribution in [0, 0.1) is 0 Å². The number of hydrogen-bond acceptors (Lipinski definition) is 6. The molecule has 6 heteroatoms. The Balaban J connectivity index is 4.30. The Morgan fingerprint density at radius 3 is 1.05 bits per heavy atom. The molecule has 0 saturated heterocycles. The van der Waals surface area contributed by atoms with Gasteiger partial charge in [0.2, 0.25) is 0 Å². The Hall–Kier alpha value is -2.37. The van der Waals surface area contributed by atoms with Gasteiger partial charge in [-0.05, 0) is 51.4 Å². The molecular weight excluding hydrogens is 721 g/mol. The van der Waals surface area contributed by atoms with Gasteiger partial charge in [-0.1, -0.05) is 224 Å². The van der Waals surface area contributed by atoms with Crippen LogP contribution in [-0.2, 0) is 28.6 Å². The van der Waals surface area contributed by atoms with Crippen LogP contribution < -0.4 is 0 Å². The van der Waals surface area contributed by atoms with Crippen LogP contribution in [0.5, 0.6) is 0 Å². The summed E-state index contributed by atoms with van der Waals surface area (Å²) in [7, 11) is 0. The van der Waals surface area contributed by atoms with E-state index in [1.54, 1.807) is 0 Å². The second-order valence-electron chi connectivity index (χ2n) is 16.7. The minimum atomic E-state index is -0.780. The number of carbonyl (C=O) groups excluding carboxylic acids is 3. The van der Waals surface area contributed by atoms with Crippen LogP contribution in [0.1, 0.15) is 258 Å². The van der Waals surface area contributed by atoms with Crippen molar-refractivity contribution in [3.05, 3.63) is 36.5 Å². The van der Waals surface area contributed by atoms with E-state index < -0.39 is 6.10 Å². The van der Waals surface area contributed by atoms with Crippen molar-refractivity contribution in [2.75, 3.05) is 13.2 Å². The summed E-state index contributed by atoms with van der Waals surface area (Å²) in [6.07, 6.45) is 54.2. The van der Waals surface area contributed by atoms with Gasteiger partial charge in [0.15, 0.2) is 6.10 Å². The van der Waals surface area contributed by atoms with Crippen molar-refractivity contribution < 1.29 is 28.6 Å². The Bertz CT molecular complexity index is 984. The molecule has 1 unspecified atom stereocenters. The first kappa shape index (κ1) is 55.6. The predicted molar refractivity (Wildman–Crippen MR) is 247 cm³/mol. The van der Waals surface area contributed by atoms with Crippen LogP contribution in [0.4, 0.5) is 0 Å². The van der Waals surface area contributed by atoms with Gasteiger partial charge in [0.25, 0.3) is 0 Å². The van der Waals surface area contributed by atoms with E-state index in [2.05, 4.69) is 57.2 Å². The average Bonchev–Trinajstić information content (AvgIpc) is 3.22. The molecule has 0 aliphatic heterocycles. The van der Waals surface area contributed by atoms with E-state index in [1.165, 1.54) is 135 Å². The third-order valence-electron chi connectivity index (χ3n) is 10.9. The molecule has 58 heavy (non-hydrogen) atoms. The first-order valence-electron chi connectivity index (χ1n) is 25.0. The predicted octanol–water partition coefficient (Wildman–Crippen LogP) is 16.1. The summed E-state index contributed by atoms with van der Waals surface area (Å²) >= 11 is 0. The molecule has 0 rings (SSSR count). The second-order valence-corrected chi connectivity index (χ2v) is 16.7. The highest BCUT2D eigenvalue weighted by Gasteiger charge is 2.19. The number of unbranched alkanes of at least 4 members (excludes halogenated alkanes) is 28. The fourth-order valence-corrected chi connectivity index (χ4v) is 7.16. The zero-order chi connectivity index (χ0) is 42.3. The van der Waals surface area contributed by atoms with E-state index in [4.69, 9.17) is 14.2 Å². The lowest BCUT2D eigenvalue weighted by molar-refractivity contribution is -0.167. The summed E-state index contributed by atoms with van der Waals surface area (Å²) < 4.78 is 16.7. The van der Waals surface area contributed by atoms with Gasteiger partial charge in [-0.3, -0.25) is 14.4 Å². The molecule has 0 bridgehead atoms. The Morgan fingerprint density at radius 2 is 0.672 bits per heavy atom. The normalized spacial score (nSPS) is 12.3. The van der Waals surface area contributed by atoms with Gasteiger partial charge in [-0.15, -0.1) is 0 Å². The molecule has 0 saturated carbocycles. The van der Waals surface area contributed by atoms with Crippen LogP contribution in [0.3, 0.4) is 0 Å². The lowest BCUT2D eigenvalue weighted by Gasteiger charge is -2.18. The van der Waals surface area contributed by atoms with Gasteiger partial charge in [0, 0.05) is 19.3 Å². The van der Waals surface area contributed by atoms with Gasteiger partial charge in [0.1, 0.15) is 13.2 Å². The topological polar surface area (TPSA) is 78.9 Å². The number of ether oxygens (including phenoxy) is 3. The van der Waals surface area contributed by atoms with Gasteiger partial charge >= 0.3 is 17.9 Å². The van der Waals surface area contributed by atoms with Crippen LogP contribution in [0.25, 0.3) is 0 Å². The van der Waals surface area contributed by atoms with Crippen molar-refractivity contribution in [1.82, 2.24) is 0 Å². The summed E-state index contributed by atoms with van der Waals surface area (Å²) in [5.74, 6) is -0.904. The van der Waals surface area contributed by atoms with Crippen molar-refractivity contribution in [3.8, 4) is 0 Å². The zero-order valence-corrected chi connectivity index (χ0v) is 38.6. The van der Waals surface area contributed by atoms with Gasteiger partial charge in [0.05, 0.1) is 0 Å². The molecule has 0 aromatic heterocycles. The summed E-state index contributed by atoms with van der Waals surface area (Å²) in [5.41, 5.74) is 0. The Labute approximate surface area is 359 Å². The van der Waals surface area contributed by atoms with E-state index in [1.807, 2.05) is 0 Å². The number of allylic oxidation sites excluding steroid dienone is 6. The largest absolute Gasteiger partial charge is 0.462 e. The molecule has 0 amide bonds. The van der Waals surface area contributed by atoms with Crippen molar-refractivity contribution in [1.29, 1.82) is 0 Å². The lowest BCUT2D eigenvalue weighted by atomic mass is 10.0. The molecule has 0 radical (unpaired) electrons. The highest BCUT2D eigenvalue weighted by atomic mass is 16.6. The number of rotatable bonds is 45. The van der Waals surface area contributed by atoms with E-state index in [0.717, 1.165) is 83.5 Å². The monoisotopic (exact) mass is 815 g/mol. The third-order valence-corrected chi connectivity index (χ3v) is 10.9. The van der Waals surface area contributed by atoms with Crippen LogP contribution in [0.15, 0.2) is 36.5 Å². The summed E-state index contributed by atoms with van der Waals surface area (Å²) in [6.45, 7) is 6.50. The first-order valence-corrected chi connectivity index (χ1v) is 25.0. The number of carbonyl (C=O) groups is 3. The zero-order valence-electron chi connectivity index (χ0n) is 38.6. The number of hydrogen-bond donors (Lipinski definition) is 0. The molecule has 0 fully saturated rings. The van der Waals surface area contributed by atoms with Crippen molar-refractivity contribution in [2.24, 2.45) is 0 Å². The summed E-state index contributed by atoms with van der Waals surface area (Å²) in [6, 6.07) is 0. The molecule has 0 heterocycles. The highest BCUT2D eigenvalue weighted by molar-refractivity contribution is 5.71. The standard InChI is InChI=1S/C52H94O6/c1-4-7-10-13-16-19-21-23-24-25-26-27-29-30-33-36-39-42-45-51(54)57-48-49(47-56-50(53)44-41-38-35-32-18-15-12-9-6-3)58-52(55)46-43-40-37-34-31-28-22-20-17-14-11-8-5-2/h8,11,17,20,28,31,49H,4-7,9-10,12-16,18-19,21-27,29-30,32-48H2,1-3H3/b11-8-,20-17-,31-28-. The smallest absolute Gasteiger partial charge is 0.306 e. The fraction of sp³-hybridized carbons (Fsp3) is 0.827. The van der Waals surface area contributed by atoms with Crippen LogP contribution in [-0.4, -0.2) is 37.2 Å². The highest BCUT2D eigenvalue weighted by Crippen LogP contribution is 2.16. The Kier molecular flexibility index (Phi) is 45.4. The quantitative estimate of drug-likeness (QED) is 0.0264. The number of esters is 3. The van der Waals surface area contributed by atoms with E-state index in [9.17, 15) is 14.4 Å². The fourth-order valence-electron chi connectivity index (χ4n) is 7.16. The van der Waals surface area contributed by atoms with Crippen LogP contribution >= 0.6 is 0 Å². The van der Waals surface area contributed by atoms with E-state index in [0.29, 0.717) is 19.3 Å². The third kappa shape index (κ3) is 44.7. The van der Waals surface area contributed by atoms with Crippen molar-refractivity contribution in [3.63, 3.8) is 0 Å². The summed E-state index contributed by atoms with van der Waals surface area (Å²) in [5, 5.41) is 0. The summed E-state index contributed by atoms with van der Waals surface area (Å²) in [4.78, 5) is 37.8. The molecule has 0 aliphatic carbocycles. The molecule has 0 N–H and O–H groups in total. The van der Waals surface area contributed by atoms with Crippen molar-refractivity contribution >= 4 is 17.9 Å². The minimum Gasteiger partial charge on any atom is -0.462 e. The maximum absolute atomic E-state index is 12.7. The molecule has 0 aromatic rings. The molecule has 0 spiro atoms. The second kappa shape index (κ2) is 47.3. The van der Waals surface area contributed by atoms with Crippen LogP contribution in [0.2, 0.25) is 0 Å². The van der Waals surface area contributed by atoms with E-state index in [-0.39, 0.29) is 31.1 Å². The van der Waals surface area contributed by atoms with Gasteiger partial charge in [-0.25, -0.2) is 0 Å². The van der Waals surface area contributed by atoms with Crippen molar-refractivity contribution in [2.45, 2.75) is 264 Å². The Morgan fingerprint density at radius 1 is 0.362 bits per heavy atom. The maximum atomic E-state index is 12.7. The molecule has 0 aromatic carbocycles. The SMILES string of the molecule is CC/C=C\C/C=C\C/C=C\CCCCCC(=O)OC(COC(=O)CCCCCCCCCCC)COC(=O)CCCCCCCCCCCCCCCCCCCC. The average molecular weight is 815 g/mol. The minimum absolute atomic E-state index is 0.0803. The first-order chi connectivity index (χ1) is 28.5. The molecule has 6 nitrogen and oxygen atoms in total. The molecule has 338 valence electrons. The molecule has 0 aliphatic rings. The maximum Gasteiger partial charge on any atom is 0.306 e.